The normalized spacial score (nSPS) is 13.6. The fourth-order valence-electron chi connectivity index (χ4n) is 2.92. The molecule has 27 heavy (non-hydrogen) atoms. The number of ketones is 1. The van der Waals surface area contributed by atoms with Gasteiger partial charge in [-0.3, -0.25) is 14.5 Å². The Labute approximate surface area is 157 Å². The molecule has 0 aromatic heterocycles. The van der Waals surface area contributed by atoms with E-state index in [1.54, 1.807) is 48.4 Å². The van der Waals surface area contributed by atoms with E-state index >= 15 is 0 Å². The van der Waals surface area contributed by atoms with Crippen molar-refractivity contribution in [1.82, 2.24) is 4.90 Å². The van der Waals surface area contributed by atoms with Crippen LogP contribution in [0.3, 0.4) is 0 Å². The quantitative estimate of drug-likeness (QED) is 0.797. The third-order valence-electron chi connectivity index (χ3n) is 4.37. The molecule has 0 saturated carbocycles. The van der Waals surface area contributed by atoms with Gasteiger partial charge in [-0.15, -0.1) is 0 Å². The Kier molecular flexibility index (Phi) is 5.40. The minimum Gasteiger partial charge on any atom is -0.497 e. The monoisotopic (exact) mass is 367 g/mol. The summed E-state index contributed by atoms with van der Waals surface area (Å²) in [5.41, 5.74) is 1.82. The van der Waals surface area contributed by atoms with Crippen LogP contribution in [-0.2, 0) is 4.79 Å². The Hall–Kier alpha value is -3.35. The molecule has 1 saturated heterocycles. The van der Waals surface area contributed by atoms with Gasteiger partial charge >= 0.3 is 6.03 Å². The summed E-state index contributed by atoms with van der Waals surface area (Å²) in [6.07, 6.45) is 0. The van der Waals surface area contributed by atoms with Gasteiger partial charge in [0.25, 0.3) is 0 Å². The largest absolute Gasteiger partial charge is 0.497 e. The van der Waals surface area contributed by atoms with Gasteiger partial charge in [-0.2, -0.15) is 0 Å². The molecule has 7 nitrogen and oxygen atoms in total. The Morgan fingerprint density at radius 1 is 1.11 bits per heavy atom. The van der Waals surface area contributed by atoms with E-state index in [4.69, 9.17) is 4.74 Å². The Bertz CT molecular complexity index is 864. The predicted octanol–water partition coefficient (Wildman–Crippen LogP) is 2.78. The van der Waals surface area contributed by atoms with Gasteiger partial charge in [0.2, 0.25) is 5.91 Å². The van der Waals surface area contributed by atoms with E-state index in [1.165, 1.54) is 11.8 Å². The van der Waals surface area contributed by atoms with Crippen LogP contribution in [0.4, 0.5) is 16.2 Å². The molecule has 0 atom stereocenters. The maximum absolute atomic E-state index is 12.6. The number of carbonyl (C=O) groups excluding carboxylic acids is 3. The molecule has 0 radical (unpaired) electrons. The summed E-state index contributed by atoms with van der Waals surface area (Å²) in [4.78, 5) is 39.4. The summed E-state index contributed by atoms with van der Waals surface area (Å²) in [5, 5.41) is 2.73. The van der Waals surface area contributed by atoms with Gasteiger partial charge < -0.3 is 15.0 Å². The molecule has 3 amide bonds. The maximum Gasteiger partial charge on any atom is 0.325 e. The highest BCUT2D eigenvalue weighted by Gasteiger charge is 2.30. The molecule has 2 aromatic carbocycles. The molecule has 1 heterocycles. The molecule has 2 aromatic rings. The topological polar surface area (TPSA) is 79.0 Å². The number of rotatable bonds is 6. The molecule has 3 rings (SSSR count). The van der Waals surface area contributed by atoms with E-state index in [0.717, 1.165) is 11.4 Å². The Morgan fingerprint density at radius 2 is 1.85 bits per heavy atom. The molecule has 0 unspecified atom stereocenters. The van der Waals surface area contributed by atoms with Crippen LogP contribution in [0, 0.1) is 0 Å². The SMILES string of the molecule is COc1ccc(N2CCN(CC(=O)Nc3cccc(C(C)=O)c3)C2=O)cc1. The van der Waals surface area contributed by atoms with E-state index in [2.05, 4.69) is 5.32 Å². The number of benzene rings is 2. The molecule has 140 valence electrons. The van der Waals surface area contributed by atoms with Crippen molar-refractivity contribution in [3.05, 3.63) is 54.1 Å². The van der Waals surface area contributed by atoms with Crippen LogP contribution in [0.1, 0.15) is 17.3 Å². The summed E-state index contributed by atoms with van der Waals surface area (Å²) in [5.74, 6) is 0.339. The average Bonchev–Trinajstić information content (AvgIpc) is 3.02. The lowest BCUT2D eigenvalue weighted by Crippen LogP contribution is -2.37. The van der Waals surface area contributed by atoms with Crippen molar-refractivity contribution in [2.45, 2.75) is 6.92 Å². The van der Waals surface area contributed by atoms with E-state index in [1.807, 2.05) is 12.1 Å². The molecule has 1 fully saturated rings. The highest BCUT2D eigenvalue weighted by Crippen LogP contribution is 2.23. The summed E-state index contributed by atoms with van der Waals surface area (Å²) in [6, 6.07) is 13.7. The number of hydrogen-bond acceptors (Lipinski definition) is 4. The number of hydrogen-bond donors (Lipinski definition) is 1. The highest BCUT2D eigenvalue weighted by atomic mass is 16.5. The second kappa shape index (κ2) is 7.90. The minimum absolute atomic E-state index is 0.0458. The predicted molar refractivity (Wildman–Crippen MR) is 102 cm³/mol. The number of ether oxygens (including phenoxy) is 1. The van der Waals surface area contributed by atoms with Crippen molar-refractivity contribution in [3.63, 3.8) is 0 Å². The molecular formula is C20H21N3O4. The second-order valence-electron chi connectivity index (χ2n) is 6.24. The van der Waals surface area contributed by atoms with E-state index in [0.29, 0.717) is 24.3 Å². The lowest BCUT2D eigenvalue weighted by atomic mass is 10.1. The van der Waals surface area contributed by atoms with Crippen LogP contribution in [-0.4, -0.2) is 49.4 Å². The average molecular weight is 367 g/mol. The van der Waals surface area contributed by atoms with Gasteiger partial charge in [0, 0.05) is 30.0 Å². The molecule has 7 heteroatoms. The number of methoxy groups -OCH3 is 1. The number of amides is 3. The number of nitrogens with zero attached hydrogens (tertiary/aromatic N) is 2. The fraction of sp³-hybridized carbons (Fsp3) is 0.250. The smallest absolute Gasteiger partial charge is 0.325 e. The van der Waals surface area contributed by atoms with E-state index < -0.39 is 0 Å². The van der Waals surface area contributed by atoms with Crippen LogP contribution >= 0.6 is 0 Å². The summed E-state index contributed by atoms with van der Waals surface area (Å²) in [6.45, 7) is 2.40. The molecule has 1 N–H and O–H groups in total. The third kappa shape index (κ3) is 4.25. The zero-order valence-corrected chi connectivity index (χ0v) is 15.3. The first kappa shape index (κ1) is 18.4. The summed E-state index contributed by atoms with van der Waals surface area (Å²) in [7, 11) is 1.59. The van der Waals surface area contributed by atoms with Crippen molar-refractivity contribution in [3.8, 4) is 5.75 Å². The van der Waals surface area contributed by atoms with Crippen LogP contribution < -0.4 is 15.0 Å². The molecular weight excluding hydrogens is 346 g/mol. The number of anilines is 2. The van der Waals surface area contributed by atoms with Gasteiger partial charge in [-0.25, -0.2) is 4.79 Å². The van der Waals surface area contributed by atoms with Crippen molar-refractivity contribution in [2.24, 2.45) is 0 Å². The Balaban J connectivity index is 1.61. The van der Waals surface area contributed by atoms with E-state index in [-0.39, 0.29) is 24.3 Å². The van der Waals surface area contributed by atoms with Gasteiger partial charge in [-0.1, -0.05) is 12.1 Å². The molecule has 0 aliphatic carbocycles. The zero-order valence-electron chi connectivity index (χ0n) is 15.3. The number of nitrogens with one attached hydrogen (secondary N) is 1. The lowest BCUT2D eigenvalue weighted by molar-refractivity contribution is -0.116. The van der Waals surface area contributed by atoms with Crippen molar-refractivity contribution < 1.29 is 19.1 Å². The van der Waals surface area contributed by atoms with Crippen LogP contribution in [0.25, 0.3) is 0 Å². The van der Waals surface area contributed by atoms with Crippen molar-refractivity contribution in [2.75, 3.05) is 37.0 Å². The highest BCUT2D eigenvalue weighted by molar-refractivity contribution is 6.00. The number of Topliss-reactive ketones (excluding diaryl/α,β-unsaturated/α-hetero) is 1. The van der Waals surface area contributed by atoms with E-state index in [9.17, 15) is 14.4 Å². The fourth-order valence-corrected chi connectivity index (χ4v) is 2.92. The molecule has 1 aliphatic rings. The van der Waals surface area contributed by atoms with Crippen LogP contribution in [0.2, 0.25) is 0 Å². The number of carbonyl (C=O) groups is 3. The van der Waals surface area contributed by atoms with Gasteiger partial charge in [0.15, 0.2) is 5.78 Å². The lowest BCUT2D eigenvalue weighted by Gasteiger charge is -2.18. The van der Waals surface area contributed by atoms with Gasteiger partial charge in [-0.05, 0) is 43.3 Å². The van der Waals surface area contributed by atoms with Crippen LogP contribution in [0.15, 0.2) is 48.5 Å². The Morgan fingerprint density at radius 3 is 2.52 bits per heavy atom. The van der Waals surface area contributed by atoms with Crippen molar-refractivity contribution in [1.29, 1.82) is 0 Å². The summed E-state index contributed by atoms with van der Waals surface area (Å²) < 4.78 is 5.12. The molecule has 0 spiro atoms. The van der Waals surface area contributed by atoms with Crippen LogP contribution in [0.5, 0.6) is 5.75 Å². The van der Waals surface area contributed by atoms with Gasteiger partial charge in [0.05, 0.1) is 7.11 Å². The standard InChI is InChI=1S/C20H21N3O4/c1-14(24)15-4-3-5-16(12-15)21-19(25)13-22-10-11-23(20(22)26)17-6-8-18(27-2)9-7-17/h3-9,12H,10-11,13H2,1-2H3,(H,21,25). The number of urea groups is 1. The summed E-state index contributed by atoms with van der Waals surface area (Å²) >= 11 is 0. The van der Waals surface area contributed by atoms with Crippen molar-refractivity contribution >= 4 is 29.1 Å². The molecule has 0 bridgehead atoms. The first-order valence-electron chi connectivity index (χ1n) is 8.59. The second-order valence-corrected chi connectivity index (χ2v) is 6.24. The zero-order chi connectivity index (χ0) is 19.4. The third-order valence-corrected chi connectivity index (χ3v) is 4.37. The maximum atomic E-state index is 12.6. The minimum atomic E-state index is -0.305. The first-order chi connectivity index (χ1) is 13.0. The first-order valence-corrected chi connectivity index (χ1v) is 8.59. The van der Waals surface area contributed by atoms with Gasteiger partial charge in [0.1, 0.15) is 12.3 Å². The molecule has 1 aliphatic heterocycles.